The van der Waals surface area contributed by atoms with Gasteiger partial charge in [-0.05, 0) is 47.0 Å². The molecular formula is C13H25NO3. The average molecular weight is 243 g/mol. The third-order valence-electron chi connectivity index (χ3n) is 2.93. The molecule has 100 valence electrons. The Bertz CT molecular complexity index is 260. The van der Waals surface area contributed by atoms with Gasteiger partial charge in [-0.15, -0.1) is 0 Å². The fourth-order valence-corrected chi connectivity index (χ4v) is 2.02. The highest BCUT2D eigenvalue weighted by atomic mass is 16.6. The molecule has 0 radical (unpaired) electrons. The summed E-state index contributed by atoms with van der Waals surface area (Å²) in [5.74, 6) is 0. The Morgan fingerprint density at radius 3 is 2.53 bits per heavy atom. The molecule has 0 aliphatic carbocycles. The van der Waals surface area contributed by atoms with Gasteiger partial charge in [0.1, 0.15) is 5.60 Å². The molecule has 0 aromatic rings. The number of hydrogen-bond acceptors (Lipinski definition) is 3. The molecule has 1 fully saturated rings. The van der Waals surface area contributed by atoms with Gasteiger partial charge >= 0.3 is 6.09 Å². The number of carbonyl (C=O) groups is 1. The fraction of sp³-hybridized carbons (Fsp3) is 0.923. The van der Waals surface area contributed by atoms with Gasteiger partial charge in [-0.1, -0.05) is 6.92 Å². The van der Waals surface area contributed by atoms with Crippen LogP contribution < -0.4 is 5.32 Å². The minimum absolute atomic E-state index is 0.0567. The predicted octanol–water partition coefficient (Wildman–Crippen LogP) is 2.86. The molecule has 1 aliphatic heterocycles. The van der Waals surface area contributed by atoms with E-state index in [0.29, 0.717) is 6.10 Å². The summed E-state index contributed by atoms with van der Waals surface area (Å²) in [6.45, 7) is 9.71. The van der Waals surface area contributed by atoms with Gasteiger partial charge in [0.15, 0.2) is 0 Å². The Hall–Kier alpha value is -0.770. The van der Waals surface area contributed by atoms with E-state index in [1.807, 2.05) is 27.7 Å². The molecule has 0 unspecified atom stereocenters. The van der Waals surface area contributed by atoms with Gasteiger partial charge in [0.25, 0.3) is 0 Å². The molecule has 1 aliphatic rings. The minimum atomic E-state index is -0.450. The first kappa shape index (κ1) is 14.3. The molecule has 1 amide bonds. The van der Waals surface area contributed by atoms with Crippen molar-refractivity contribution in [3.05, 3.63) is 0 Å². The van der Waals surface area contributed by atoms with Crippen LogP contribution in [0.5, 0.6) is 0 Å². The van der Waals surface area contributed by atoms with E-state index in [0.717, 1.165) is 19.3 Å². The Morgan fingerprint density at radius 2 is 2.06 bits per heavy atom. The van der Waals surface area contributed by atoms with Crippen molar-refractivity contribution in [2.75, 3.05) is 0 Å². The summed E-state index contributed by atoms with van der Waals surface area (Å²) in [4.78, 5) is 11.6. The lowest BCUT2D eigenvalue weighted by molar-refractivity contribution is -0.0609. The van der Waals surface area contributed by atoms with Gasteiger partial charge in [-0.25, -0.2) is 4.79 Å². The van der Waals surface area contributed by atoms with Crippen LogP contribution in [0, 0.1) is 0 Å². The van der Waals surface area contributed by atoms with Crippen LogP contribution in [0.15, 0.2) is 0 Å². The quantitative estimate of drug-likeness (QED) is 0.811. The van der Waals surface area contributed by atoms with E-state index >= 15 is 0 Å². The second-order valence-electron chi connectivity index (χ2n) is 5.70. The number of ether oxygens (including phenoxy) is 2. The van der Waals surface area contributed by atoms with Crippen molar-refractivity contribution in [3.8, 4) is 0 Å². The Morgan fingerprint density at radius 1 is 1.41 bits per heavy atom. The molecule has 4 nitrogen and oxygen atoms in total. The van der Waals surface area contributed by atoms with Crippen LogP contribution in [-0.4, -0.2) is 29.9 Å². The molecule has 0 aromatic heterocycles. The summed E-state index contributed by atoms with van der Waals surface area (Å²) in [6.07, 6.45) is 3.03. The van der Waals surface area contributed by atoms with Gasteiger partial charge in [0.05, 0.1) is 18.2 Å². The fourth-order valence-electron chi connectivity index (χ4n) is 2.02. The van der Waals surface area contributed by atoms with Crippen LogP contribution in [0.4, 0.5) is 4.79 Å². The molecule has 1 heterocycles. The summed E-state index contributed by atoms with van der Waals surface area (Å²) in [6, 6.07) is 0.0626. The van der Waals surface area contributed by atoms with Gasteiger partial charge < -0.3 is 14.8 Å². The van der Waals surface area contributed by atoms with E-state index in [9.17, 15) is 4.79 Å². The molecule has 1 rings (SSSR count). The Kier molecular flexibility index (Phi) is 4.80. The van der Waals surface area contributed by atoms with Gasteiger partial charge in [0.2, 0.25) is 0 Å². The summed E-state index contributed by atoms with van der Waals surface area (Å²) >= 11 is 0. The maximum Gasteiger partial charge on any atom is 0.407 e. The van der Waals surface area contributed by atoms with E-state index in [1.54, 1.807) is 0 Å². The van der Waals surface area contributed by atoms with E-state index in [1.165, 1.54) is 0 Å². The summed E-state index contributed by atoms with van der Waals surface area (Å²) < 4.78 is 11.0. The highest BCUT2D eigenvalue weighted by Crippen LogP contribution is 2.21. The zero-order valence-electron chi connectivity index (χ0n) is 11.6. The zero-order chi connectivity index (χ0) is 13.1. The molecule has 4 heteroatoms. The number of carbonyl (C=O) groups excluding carboxylic acids is 1. The smallest absolute Gasteiger partial charge is 0.407 e. The maximum atomic E-state index is 11.6. The molecular weight excluding hydrogens is 218 g/mol. The van der Waals surface area contributed by atoms with Crippen molar-refractivity contribution in [2.45, 2.75) is 77.7 Å². The van der Waals surface area contributed by atoms with Crippen LogP contribution in [0.25, 0.3) is 0 Å². The summed E-state index contributed by atoms with van der Waals surface area (Å²) in [5.41, 5.74) is -0.450. The number of amides is 1. The normalized spacial score (nSPS) is 29.8. The Balaban J connectivity index is 2.40. The molecule has 1 saturated heterocycles. The van der Waals surface area contributed by atoms with Crippen molar-refractivity contribution in [2.24, 2.45) is 0 Å². The van der Waals surface area contributed by atoms with Crippen molar-refractivity contribution in [1.29, 1.82) is 0 Å². The predicted molar refractivity (Wildman–Crippen MR) is 67.0 cm³/mol. The van der Waals surface area contributed by atoms with Gasteiger partial charge in [0, 0.05) is 0 Å². The maximum absolute atomic E-state index is 11.6. The standard InChI is InChI=1S/C13H25NO3/c1-6-10-7-8-11(9(2)16-10)14-12(15)17-13(3,4)5/h9-11H,6-8H2,1-5H3,(H,14,15)/t9-,10+,11+/m0/s1. The third kappa shape index (κ3) is 4.94. The van der Waals surface area contributed by atoms with Crippen LogP contribution in [0.1, 0.15) is 53.9 Å². The summed E-state index contributed by atoms with van der Waals surface area (Å²) in [7, 11) is 0. The molecule has 0 saturated carbocycles. The van der Waals surface area contributed by atoms with E-state index in [-0.39, 0.29) is 18.2 Å². The van der Waals surface area contributed by atoms with E-state index in [2.05, 4.69) is 12.2 Å². The van der Waals surface area contributed by atoms with Crippen molar-refractivity contribution in [3.63, 3.8) is 0 Å². The molecule has 17 heavy (non-hydrogen) atoms. The molecule has 1 N–H and O–H groups in total. The van der Waals surface area contributed by atoms with E-state index < -0.39 is 5.60 Å². The highest BCUT2D eigenvalue weighted by Gasteiger charge is 2.29. The van der Waals surface area contributed by atoms with Gasteiger partial charge in [-0.2, -0.15) is 0 Å². The first-order valence-electron chi connectivity index (χ1n) is 6.46. The zero-order valence-corrected chi connectivity index (χ0v) is 11.6. The van der Waals surface area contributed by atoms with Crippen molar-refractivity contribution >= 4 is 6.09 Å². The molecule has 0 spiro atoms. The first-order chi connectivity index (χ1) is 7.81. The number of nitrogens with one attached hydrogen (secondary N) is 1. The van der Waals surface area contributed by atoms with Crippen molar-refractivity contribution < 1.29 is 14.3 Å². The van der Waals surface area contributed by atoms with Crippen molar-refractivity contribution in [1.82, 2.24) is 5.32 Å². The molecule has 0 bridgehead atoms. The lowest BCUT2D eigenvalue weighted by atomic mass is 9.98. The molecule has 3 atom stereocenters. The largest absolute Gasteiger partial charge is 0.444 e. The topological polar surface area (TPSA) is 47.6 Å². The number of rotatable bonds is 2. The Labute approximate surface area is 104 Å². The average Bonchev–Trinajstić information content (AvgIpc) is 2.18. The second-order valence-corrected chi connectivity index (χ2v) is 5.70. The molecule has 0 aromatic carbocycles. The van der Waals surface area contributed by atoms with Crippen LogP contribution in [0.2, 0.25) is 0 Å². The second kappa shape index (κ2) is 5.71. The van der Waals surface area contributed by atoms with E-state index in [4.69, 9.17) is 9.47 Å². The highest BCUT2D eigenvalue weighted by molar-refractivity contribution is 5.68. The van der Waals surface area contributed by atoms with Gasteiger partial charge in [-0.3, -0.25) is 0 Å². The van der Waals surface area contributed by atoms with Crippen LogP contribution in [-0.2, 0) is 9.47 Å². The minimum Gasteiger partial charge on any atom is -0.444 e. The van der Waals surface area contributed by atoms with Crippen LogP contribution in [0.3, 0.4) is 0 Å². The van der Waals surface area contributed by atoms with Crippen LogP contribution >= 0.6 is 0 Å². The monoisotopic (exact) mass is 243 g/mol. The third-order valence-corrected chi connectivity index (χ3v) is 2.93. The first-order valence-corrected chi connectivity index (χ1v) is 6.46. The lowest BCUT2D eigenvalue weighted by Crippen LogP contribution is -2.49. The number of hydrogen-bond donors (Lipinski definition) is 1. The number of alkyl carbamates (subject to hydrolysis) is 1. The SMILES string of the molecule is CC[C@@H]1CC[C@@H](NC(=O)OC(C)(C)C)[C@H](C)O1. The summed E-state index contributed by atoms with van der Waals surface area (Å²) in [5, 5.41) is 2.88. The lowest BCUT2D eigenvalue weighted by Gasteiger charge is -2.35.